The number of hydrogen-bond donors (Lipinski definition) is 2. The van der Waals surface area contributed by atoms with E-state index in [4.69, 9.17) is 0 Å². The second kappa shape index (κ2) is 6.08. The fraction of sp³-hybridized carbons (Fsp3) is 0.462. The summed E-state index contributed by atoms with van der Waals surface area (Å²) >= 11 is 0. The summed E-state index contributed by atoms with van der Waals surface area (Å²) in [5.74, 6) is -1.01. The highest BCUT2D eigenvalue weighted by Crippen LogP contribution is 2.24. The van der Waals surface area contributed by atoms with E-state index in [0.29, 0.717) is 25.1 Å². The molecule has 0 unspecified atom stereocenters. The molecule has 0 aromatic heterocycles. The Morgan fingerprint density at radius 1 is 1.48 bits per heavy atom. The zero-order chi connectivity index (χ0) is 15.6. The molecule has 1 aromatic carbocycles. The number of rotatable bonds is 4. The van der Waals surface area contributed by atoms with Gasteiger partial charge >= 0.3 is 0 Å². The van der Waals surface area contributed by atoms with Gasteiger partial charge in [-0.15, -0.1) is 0 Å². The van der Waals surface area contributed by atoms with Crippen LogP contribution < -0.4 is 10.6 Å². The molecule has 0 saturated carbocycles. The second-order valence-corrected chi connectivity index (χ2v) is 7.15. The van der Waals surface area contributed by atoms with Gasteiger partial charge in [0.1, 0.15) is 5.82 Å². The zero-order valence-electron chi connectivity index (χ0n) is 11.9. The summed E-state index contributed by atoms with van der Waals surface area (Å²) < 4.78 is 37.7. The summed E-state index contributed by atoms with van der Waals surface area (Å²) in [6.45, 7) is 0.951. The van der Waals surface area contributed by atoms with Crippen LogP contribution in [-0.2, 0) is 27.8 Å². The lowest BCUT2D eigenvalue weighted by Crippen LogP contribution is -2.34. The van der Waals surface area contributed by atoms with Crippen LogP contribution in [0.3, 0.4) is 0 Å². The first kappa shape index (κ1) is 15.9. The molecule has 0 radical (unpaired) electrons. The molecule has 0 aliphatic carbocycles. The van der Waals surface area contributed by atoms with Crippen molar-refractivity contribution >= 4 is 21.6 Å². The number of anilines is 1. The zero-order valence-corrected chi connectivity index (χ0v) is 12.8. The SMILES string of the molecule is CN(CC(=O)Nc1ccc2c(c1F)CCNC2)S(C)(=O)=O. The minimum Gasteiger partial charge on any atom is -0.322 e. The maximum atomic E-state index is 14.3. The summed E-state index contributed by atoms with van der Waals surface area (Å²) in [6, 6.07) is 3.26. The second-order valence-electron chi connectivity index (χ2n) is 5.06. The number of sulfonamides is 1. The number of amides is 1. The van der Waals surface area contributed by atoms with Crippen molar-refractivity contribution in [2.45, 2.75) is 13.0 Å². The predicted octanol–water partition coefficient (Wildman–Crippen LogP) is 0.301. The van der Waals surface area contributed by atoms with Crippen LogP contribution in [0.5, 0.6) is 0 Å². The van der Waals surface area contributed by atoms with E-state index in [1.54, 1.807) is 6.07 Å². The summed E-state index contributed by atoms with van der Waals surface area (Å²) in [5.41, 5.74) is 1.57. The molecule has 1 heterocycles. The first-order valence-corrected chi connectivity index (χ1v) is 8.36. The first-order chi connectivity index (χ1) is 9.79. The van der Waals surface area contributed by atoms with E-state index in [1.165, 1.54) is 13.1 Å². The Labute approximate surface area is 123 Å². The van der Waals surface area contributed by atoms with Crippen LogP contribution in [0.4, 0.5) is 10.1 Å². The summed E-state index contributed by atoms with van der Waals surface area (Å²) in [6.07, 6.45) is 1.57. The Morgan fingerprint density at radius 3 is 2.86 bits per heavy atom. The quantitative estimate of drug-likeness (QED) is 0.838. The van der Waals surface area contributed by atoms with Gasteiger partial charge in [0.2, 0.25) is 15.9 Å². The molecular weight excluding hydrogens is 297 g/mol. The molecule has 1 amide bonds. The molecule has 2 rings (SSSR count). The number of carbonyl (C=O) groups excluding carboxylic acids is 1. The average Bonchev–Trinajstić information content (AvgIpc) is 2.41. The standard InChI is InChI=1S/C13H18FN3O3S/c1-17(21(2,19)20)8-12(18)16-11-4-3-9-7-15-6-5-10(9)13(11)14/h3-4,15H,5-8H2,1-2H3,(H,16,18). The third-order valence-electron chi connectivity index (χ3n) is 3.41. The Bertz CT molecular complexity index is 661. The molecule has 0 bridgehead atoms. The van der Waals surface area contributed by atoms with Crippen molar-refractivity contribution in [2.75, 3.05) is 31.7 Å². The molecule has 0 spiro atoms. The largest absolute Gasteiger partial charge is 0.322 e. The average molecular weight is 315 g/mol. The monoisotopic (exact) mass is 315 g/mol. The molecule has 21 heavy (non-hydrogen) atoms. The third-order valence-corrected chi connectivity index (χ3v) is 4.68. The van der Waals surface area contributed by atoms with Gasteiger partial charge in [-0.25, -0.2) is 12.8 Å². The van der Waals surface area contributed by atoms with Gasteiger partial charge in [0, 0.05) is 13.6 Å². The predicted molar refractivity (Wildman–Crippen MR) is 77.9 cm³/mol. The summed E-state index contributed by atoms with van der Waals surface area (Å²) in [7, 11) is -2.15. The number of halogens is 1. The van der Waals surface area contributed by atoms with Crippen molar-refractivity contribution in [3.8, 4) is 0 Å². The number of fused-ring (bicyclic) bond motifs is 1. The normalized spacial score (nSPS) is 14.9. The molecule has 6 nitrogen and oxygen atoms in total. The van der Waals surface area contributed by atoms with Gasteiger partial charge in [0.05, 0.1) is 18.5 Å². The number of nitrogens with one attached hydrogen (secondary N) is 2. The fourth-order valence-electron chi connectivity index (χ4n) is 2.14. The molecule has 1 aromatic rings. The van der Waals surface area contributed by atoms with Crippen LogP contribution in [0.2, 0.25) is 0 Å². The van der Waals surface area contributed by atoms with Crippen molar-refractivity contribution in [3.63, 3.8) is 0 Å². The van der Waals surface area contributed by atoms with Gasteiger partial charge in [-0.1, -0.05) is 6.07 Å². The highest BCUT2D eigenvalue weighted by Gasteiger charge is 2.19. The highest BCUT2D eigenvalue weighted by atomic mass is 32.2. The summed E-state index contributed by atoms with van der Waals surface area (Å²) in [4.78, 5) is 11.8. The maximum Gasteiger partial charge on any atom is 0.239 e. The molecule has 1 aliphatic rings. The smallest absolute Gasteiger partial charge is 0.239 e. The van der Waals surface area contributed by atoms with E-state index in [-0.39, 0.29) is 12.2 Å². The summed E-state index contributed by atoms with van der Waals surface area (Å²) in [5, 5.41) is 5.57. The Balaban J connectivity index is 2.11. The molecule has 0 atom stereocenters. The van der Waals surface area contributed by atoms with Crippen LogP contribution in [0.25, 0.3) is 0 Å². The Kier molecular flexibility index (Phi) is 4.60. The van der Waals surface area contributed by atoms with Gasteiger partial charge in [0.15, 0.2) is 0 Å². The Hall–Kier alpha value is -1.51. The van der Waals surface area contributed by atoms with Gasteiger partial charge in [-0.3, -0.25) is 4.79 Å². The van der Waals surface area contributed by atoms with Crippen molar-refractivity contribution < 1.29 is 17.6 Å². The minimum atomic E-state index is -3.44. The number of likely N-dealkylation sites (N-methyl/N-ethyl adjacent to an activating group) is 1. The van der Waals surface area contributed by atoms with E-state index >= 15 is 0 Å². The van der Waals surface area contributed by atoms with Gasteiger partial charge in [0.25, 0.3) is 0 Å². The molecule has 0 fully saturated rings. The van der Waals surface area contributed by atoms with E-state index in [1.807, 2.05) is 0 Å². The highest BCUT2D eigenvalue weighted by molar-refractivity contribution is 7.88. The number of hydrogen-bond acceptors (Lipinski definition) is 4. The van der Waals surface area contributed by atoms with Crippen LogP contribution in [0, 0.1) is 5.82 Å². The minimum absolute atomic E-state index is 0.0857. The van der Waals surface area contributed by atoms with Gasteiger partial charge in [-0.2, -0.15) is 4.31 Å². The van der Waals surface area contributed by atoms with E-state index in [2.05, 4.69) is 10.6 Å². The van der Waals surface area contributed by atoms with Crippen LogP contribution >= 0.6 is 0 Å². The molecule has 8 heteroatoms. The van der Waals surface area contributed by atoms with Gasteiger partial charge < -0.3 is 10.6 Å². The molecule has 116 valence electrons. The van der Waals surface area contributed by atoms with Crippen molar-refractivity contribution in [1.29, 1.82) is 0 Å². The Morgan fingerprint density at radius 2 is 2.19 bits per heavy atom. The van der Waals surface area contributed by atoms with Crippen LogP contribution in [0.15, 0.2) is 12.1 Å². The first-order valence-electron chi connectivity index (χ1n) is 6.51. The van der Waals surface area contributed by atoms with E-state index < -0.39 is 21.7 Å². The number of nitrogens with zero attached hydrogens (tertiary/aromatic N) is 1. The van der Waals surface area contributed by atoms with Crippen LogP contribution in [-0.4, -0.2) is 45.0 Å². The van der Waals surface area contributed by atoms with Crippen molar-refractivity contribution in [1.82, 2.24) is 9.62 Å². The molecular formula is C13H18FN3O3S. The lowest BCUT2D eigenvalue weighted by atomic mass is 9.99. The fourth-order valence-corrected chi connectivity index (χ4v) is 2.49. The molecule has 1 aliphatic heterocycles. The molecule has 0 saturated heterocycles. The van der Waals surface area contributed by atoms with Crippen LogP contribution in [0.1, 0.15) is 11.1 Å². The topological polar surface area (TPSA) is 78.5 Å². The molecule has 2 N–H and O–H groups in total. The lowest BCUT2D eigenvalue weighted by molar-refractivity contribution is -0.116. The number of benzene rings is 1. The number of carbonyl (C=O) groups is 1. The van der Waals surface area contributed by atoms with Crippen molar-refractivity contribution in [3.05, 3.63) is 29.1 Å². The lowest BCUT2D eigenvalue weighted by Gasteiger charge is -2.20. The van der Waals surface area contributed by atoms with Gasteiger partial charge in [-0.05, 0) is 30.2 Å². The van der Waals surface area contributed by atoms with E-state index in [9.17, 15) is 17.6 Å². The van der Waals surface area contributed by atoms with E-state index in [0.717, 1.165) is 16.1 Å². The third kappa shape index (κ3) is 3.78. The van der Waals surface area contributed by atoms with Crippen molar-refractivity contribution in [2.24, 2.45) is 0 Å². The maximum absolute atomic E-state index is 14.3.